The topological polar surface area (TPSA) is 69.6 Å². The molecule has 19 heavy (non-hydrogen) atoms. The number of amides is 2. The Balaban J connectivity index is 2.78. The lowest BCUT2D eigenvalue weighted by atomic mass is 10.0. The van der Waals surface area contributed by atoms with Crippen LogP contribution in [-0.2, 0) is 4.79 Å². The van der Waals surface area contributed by atoms with Gasteiger partial charge in [0.15, 0.2) is 0 Å². The number of hydrogen-bond acceptors (Lipinski definition) is 3. The Morgan fingerprint density at radius 1 is 1.53 bits per heavy atom. The van der Waals surface area contributed by atoms with Gasteiger partial charge in [-0.15, -0.1) is 11.3 Å². The van der Waals surface area contributed by atoms with Gasteiger partial charge in [0.2, 0.25) is 0 Å². The number of carbonyl (C=O) groups excluding carboxylic acids is 1. The highest BCUT2D eigenvalue weighted by Crippen LogP contribution is 2.20. The molecule has 5 nitrogen and oxygen atoms in total. The first-order valence-corrected chi connectivity index (χ1v) is 7.03. The van der Waals surface area contributed by atoms with Crippen LogP contribution in [0.1, 0.15) is 38.6 Å². The Morgan fingerprint density at radius 3 is 2.58 bits per heavy atom. The van der Waals surface area contributed by atoms with Gasteiger partial charge in [0.05, 0.1) is 6.04 Å². The normalized spacial score (nSPS) is 12.8. The van der Waals surface area contributed by atoms with E-state index in [1.54, 1.807) is 18.3 Å². The van der Waals surface area contributed by atoms with E-state index in [0.717, 1.165) is 4.88 Å². The van der Waals surface area contributed by atoms with E-state index >= 15 is 0 Å². The molecule has 0 aliphatic heterocycles. The molecule has 106 valence electrons. The fourth-order valence-corrected chi connectivity index (χ4v) is 2.51. The summed E-state index contributed by atoms with van der Waals surface area (Å²) in [5.41, 5.74) is -1.23. The number of hydrogen-bond donors (Lipinski definition) is 2. The van der Waals surface area contributed by atoms with Crippen LogP contribution < -0.4 is 5.32 Å². The van der Waals surface area contributed by atoms with E-state index < -0.39 is 11.5 Å². The summed E-state index contributed by atoms with van der Waals surface area (Å²) in [6.45, 7) is 7.02. The van der Waals surface area contributed by atoms with Gasteiger partial charge in [-0.2, -0.15) is 0 Å². The molecule has 0 aliphatic rings. The van der Waals surface area contributed by atoms with E-state index in [1.807, 2.05) is 24.4 Å². The zero-order valence-electron chi connectivity index (χ0n) is 11.6. The minimum Gasteiger partial charge on any atom is -0.480 e. The van der Waals surface area contributed by atoms with Crippen molar-refractivity contribution in [1.82, 2.24) is 10.2 Å². The summed E-state index contributed by atoms with van der Waals surface area (Å²) in [5, 5.41) is 14.0. The molecule has 6 heteroatoms. The summed E-state index contributed by atoms with van der Waals surface area (Å²) in [7, 11) is 0. The molecule has 1 rings (SSSR count). The van der Waals surface area contributed by atoms with Crippen molar-refractivity contribution >= 4 is 23.3 Å². The van der Waals surface area contributed by atoms with Crippen LogP contribution in [0.2, 0.25) is 0 Å². The third-order valence-corrected chi connectivity index (χ3v) is 4.12. The molecule has 2 N–H and O–H groups in total. The van der Waals surface area contributed by atoms with Crippen molar-refractivity contribution in [2.45, 2.75) is 39.3 Å². The molecular formula is C13H20N2O3S. The summed E-state index contributed by atoms with van der Waals surface area (Å²) in [4.78, 5) is 25.8. The van der Waals surface area contributed by atoms with Crippen molar-refractivity contribution in [3.05, 3.63) is 22.4 Å². The Morgan fingerprint density at radius 2 is 2.16 bits per heavy atom. The first-order valence-electron chi connectivity index (χ1n) is 6.15. The van der Waals surface area contributed by atoms with E-state index in [9.17, 15) is 14.7 Å². The maximum Gasteiger partial charge on any atom is 0.329 e. The number of nitrogens with one attached hydrogen (secondary N) is 1. The fraction of sp³-hybridized carbons (Fsp3) is 0.538. The molecule has 1 aromatic heterocycles. The number of aliphatic carboxylic acids is 1. The SMILES string of the molecule is CCN(C(=O)NC(C)c1cccs1)C(C)(C)C(=O)O. The molecule has 2 amide bonds. The van der Waals surface area contributed by atoms with Crippen LogP contribution in [-0.4, -0.2) is 34.1 Å². The second-order valence-corrected chi connectivity index (χ2v) is 5.77. The van der Waals surface area contributed by atoms with Gasteiger partial charge in [0, 0.05) is 11.4 Å². The predicted molar refractivity (Wildman–Crippen MR) is 75.4 cm³/mol. The maximum absolute atomic E-state index is 12.2. The van der Waals surface area contributed by atoms with E-state index in [-0.39, 0.29) is 12.1 Å². The lowest BCUT2D eigenvalue weighted by Crippen LogP contribution is -2.56. The highest BCUT2D eigenvalue weighted by molar-refractivity contribution is 7.10. The Hall–Kier alpha value is -1.56. The summed E-state index contributed by atoms with van der Waals surface area (Å²) >= 11 is 1.56. The smallest absolute Gasteiger partial charge is 0.329 e. The number of thiophene rings is 1. The Bertz CT molecular complexity index is 443. The van der Waals surface area contributed by atoms with Gasteiger partial charge in [-0.25, -0.2) is 9.59 Å². The fourth-order valence-electron chi connectivity index (χ4n) is 1.78. The van der Waals surface area contributed by atoms with Gasteiger partial charge in [-0.1, -0.05) is 6.07 Å². The first-order chi connectivity index (χ1) is 8.80. The van der Waals surface area contributed by atoms with Crippen molar-refractivity contribution in [1.29, 1.82) is 0 Å². The molecular weight excluding hydrogens is 264 g/mol. The molecule has 0 fully saturated rings. The number of carboxylic acids is 1. The molecule has 1 atom stereocenters. The van der Waals surface area contributed by atoms with Crippen LogP contribution in [0.4, 0.5) is 4.79 Å². The Labute approximate surface area is 117 Å². The summed E-state index contributed by atoms with van der Waals surface area (Å²) in [6.07, 6.45) is 0. The van der Waals surface area contributed by atoms with Gasteiger partial charge in [0.25, 0.3) is 0 Å². The molecule has 0 saturated carbocycles. The number of rotatable bonds is 5. The highest BCUT2D eigenvalue weighted by atomic mass is 32.1. The first kappa shape index (κ1) is 15.5. The minimum atomic E-state index is -1.23. The minimum absolute atomic E-state index is 0.133. The molecule has 0 aliphatic carbocycles. The molecule has 0 bridgehead atoms. The van der Waals surface area contributed by atoms with E-state index in [0.29, 0.717) is 6.54 Å². The molecule has 1 aromatic rings. The monoisotopic (exact) mass is 284 g/mol. The van der Waals surface area contributed by atoms with Gasteiger partial charge in [-0.3, -0.25) is 0 Å². The van der Waals surface area contributed by atoms with Crippen molar-refractivity contribution in [2.24, 2.45) is 0 Å². The van der Waals surface area contributed by atoms with Crippen LogP contribution in [0, 0.1) is 0 Å². The molecule has 0 saturated heterocycles. The van der Waals surface area contributed by atoms with Crippen LogP contribution in [0.25, 0.3) is 0 Å². The van der Waals surface area contributed by atoms with E-state index in [4.69, 9.17) is 0 Å². The summed E-state index contributed by atoms with van der Waals surface area (Å²) in [6, 6.07) is 3.36. The summed E-state index contributed by atoms with van der Waals surface area (Å²) in [5.74, 6) is -1.02. The van der Waals surface area contributed by atoms with Crippen LogP contribution in [0.15, 0.2) is 17.5 Å². The Kier molecular flexibility index (Phi) is 4.94. The van der Waals surface area contributed by atoms with Gasteiger partial charge < -0.3 is 15.3 Å². The zero-order valence-corrected chi connectivity index (χ0v) is 12.5. The number of urea groups is 1. The van der Waals surface area contributed by atoms with Crippen LogP contribution in [0.3, 0.4) is 0 Å². The second-order valence-electron chi connectivity index (χ2n) is 4.80. The van der Waals surface area contributed by atoms with Crippen molar-refractivity contribution < 1.29 is 14.7 Å². The van der Waals surface area contributed by atoms with Crippen molar-refractivity contribution in [2.75, 3.05) is 6.54 Å². The number of carbonyl (C=O) groups is 2. The summed E-state index contributed by atoms with van der Waals surface area (Å²) < 4.78 is 0. The maximum atomic E-state index is 12.2. The number of likely N-dealkylation sites (N-methyl/N-ethyl adjacent to an activating group) is 1. The second kappa shape index (κ2) is 6.06. The molecule has 0 radical (unpaired) electrons. The van der Waals surface area contributed by atoms with Crippen molar-refractivity contribution in [3.8, 4) is 0 Å². The highest BCUT2D eigenvalue weighted by Gasteiger charge is 2.37. The van der Waals surface area contributed by atoms with Gasteiger partial charge >= 0.3 is 12.0 Å². The molecule has 1 heterocycles. The lowest BCUT2D eigenvalue weighted by Gasteiger charge is -2.34. The number of carboxylic acid groups (broad SMARTS) is 1. The molecule has 0 aromatic carbocycles. The van der Waals surface area contributed by atoms with E-state index in [2.05, 4.69) is 5.32 Å². The average molecular weight is 284 g/mol. The van der Waals surface area contributed by atoms with Crippen molar-refractivity contribution in [3.63, 3.8) is 0 Å². The van der Waals surface area contributed by atoms with Gasteiger partial charge in [0.1, 0.15) is 5.54 Å². The molecule has 1 unspecified atom stereocenters. The van der Waals surface area contributed by atoms with E-state index in [1.165, 1.54) is 18.7 Å². The largest absolute Gasteiger partial charge is 0.480 e. The number of nitrogens with zero attached hydrogens (tertiary/aromatic N) is 1. The van der Waals surface area contributed by atoms with Gasteiger partial charge in [-0.05, 0) is 39.1 Å². The molecule has 0 spiro atoms. The zero-order chi connectivity index (χ0) is 14.6. The predicted octanol–water partition coefficient (Wildman–Crippen LogP) is 2.70. The van der Waals surface area contributed by atoms with Crippen LogP contribution >= 0.6 is 11.3 Å². The van der Waals surface area contributed by atoms with Crippen LogP contribution in [0.5, 0.6) is 0 Å². The third-order valence-electron chi connectivity index (χ3n) is 3.07. The quantitative estimate of drug-likeness (QED) is 0.873. The average Bonchev–Trinajstić information content (AvgIpc) is 2.82. The standard InChI is InChI=1S/C13H20N2O3S/c1-5-15(13(3,4)11(16)17)12(18)14-9(2)10-7-6-8-19-10/h6-9H,5H2,1-4H3,(H,14,18)(H,16,17). The lowest BCUT2D eigenvalue weighted by molar-refractivity contribution is -0.147. The third kappa shape index (κ3) is 3.47.